The molecule has 0 aliphatic rings. The van der Waals surface area contributed by atoms with E-state index in [-0.39, 0.29) is 5.97 Å². The van der Waals surface area contributed by atoms with Gasteiger partial charge in [-0.3, -0.25) is 0 Å². The first-order valence-electron chi connectivity index (χ1n) is 9.47. The number of ether oxygens (including phenoxy) is 1. The molecule has 0 saturated carbocycles. The third-order valence-corrected chi connectivity index (χ3v) is 6.92. The highest BCUT2D eigenvalue weighted by Gasteiger charge is 1.99. The van der Waals surface area contributed by atoms with Crippen molar-refractivity contribution in [1.82, 2.24) is 0 Å². The lowest BCUT2D eigenvalue weighted by Gasteiger charge is -2.04. The van der Waals surface area contributed by atoms with E-state index in [1.54, 1.807) is 0 Å². The maximum absolute atomic E-state index is 10.8. The third kappa shape index (κ3) is 20.4. The molecule has 0 unspecified atom stereocenters. The van der Waals surface area contributed by atoms with Crippen LogP contribution in [0.3, 0.4) is 0 Å². The Morgan fingerprint density at radius 2 is 1.25 bits per heavy atom. The fourth-order valence-corrected chi connectivity index (χ4v) is 4.66. The zero-order chi connectivity index (χ0) is 17.9. The average Bonchev–Trinajstić information content (AvgIpc) is 2.57. The summed E-state index contributed by atoms with van der Waals surface area (Å²) in [7, 11) is 1.01. The summed E-state index contributed by atoms with van der Waals surface area (Å²) in [5.41, 5.74) is 0. The van der Waals surface area contributed by atoms with Crippen molar-refractivity contribution < 1.29 is 9.53 Å². The van der Waals surface area contributed by atoms with Crippen LogP contribution in [0.4, 0.5) is 0 Å². The first kappa shape index (κ1) is 24.4. The molecule has 140 valence electrons. The molecular formula is C19H34Br2O2Si. The normalized spacial score (nSPS) is 11.0. The number of carbonyl (C=O) groups is 1. The molecule has 0 bridgehead atoms. The van der Waals surface area contributed by atoms with Crippen molar-refractivity contribution in [2.24, 2.45) is 0 Å². The van der Waals surface area contributed by atoms with E-state index in [4.69, 9.17) is 4.74 Å². The van der Waals surface area contributed by atoms with Gasteiger partial charge in [0.25, 0.3) is 0 Å². The Hall–Kier alpha value is 0.387. The molecule has 0 aliphatic carbocycles. The summed E-state index contributed by atoms with van der Waals surface area (Å²) in [6, 6.07) is 1.36. The maximum Gasteiger partial charge on any atom is 0.330 e. The molecule has 24 heavy (non-hydrogen) atoms. The summed E-state index contributed by atoms with van der Waals surface area (Å²) < 4.78 is 5.48. The van der Waals surface area contributed by atoms with Gasteiger partial charge in [-0.15, -0.1) is 0 Å². The second-order valence-corrected chi connectivity index (χ2v) is 12.5. The molecule has 0 aromatic carbocycles. The zero-order valence-electron chi connectivity index (χ0n) is 15.0. The lowest BCUT2D eigenvalue weighted by molar-refractivity contribution is -0.137. The first-order chi connectivity index (χ1) is 11.7. The Kier molecular flexibility index (Phi) is 20.0. The quantitative estimate of drug-likeness (QED) is 0.0693. The SMILES string of the molecule is C=CC(=O)OCCCCCCCCCCCCCCC[Si]C(Br)Br. The Balaban J connectivity index is 3.03. The molecule has 0 amide bonds. The predicted octanol–water partition coefficient (Wildman–Crippen LogP) is 6.98. The van der Waals surface area contributed by atoms with Gasteiger partial charge in [0.15, 0.2) is 0 Å². The van der Waals surface area contributed by atoms with Crippen LogP contribution < -0.4 is 0 Å². The number of alkyl halides is 2. The van der Waals surface area contributed by atoms with Crippen LogP contribution in [0.15, 0.2) is 12.7 Å². The second kappa shape index (κ2) is 19.7. The smallest absolute Gasteiger partial charge is 0.330 e. The van der Waals surface area contributed by atoms with Gasteiger partial charge >= 0.3 is 5.97 Å². The number of hydrogen-bond donors (Lipinski definition) is 0. The largest absolute Gasteiger partial charge is 0.463 e. The molecule has 2 nitrogen and oxygen atoms in total. The topological polar surface area (TPSA) is 26.3 Å². The van der Waals surface area contributed by atoms with Gasteiger partial charge in [-0.25, -0.2) is 4.79 Å². The Morgan fingerprint density at radius 1 is 0.833 bits per heavy atom. The summed E-state index contributed by atoms with van der Waals surface area (Å²) in [6.07, 6.45) is 18.5. The summed E-state index contributed by atoms with van der Waals surface area (Å²) in [5.74, 6) is -0.304. The van der Waals surface area contributed by atoms with Crippen molar-refractivity contribution >= 4 is 47.3 Å². The number of rotatable bonds is 18. The lowest BCUT2D eigenvalue weighted by Crippen LogP contribution is -2.01. The minimum absolute atomic E-state index is 0.304. The van der Waals surface area contributed by atoms with Crippen LogP contribution in [0.25, 0.3) is 0 Å². The molecule has 5 heteroatoms. The lowest BCUT2D eigenvalue weighted by atomic mass is 10.0. The molecule has 0 spiro atoms. The molecule has 0 aromatic heterocycles. The van der Waals surface area contributed by atoms with E-state index in [9.17, 15) is 4.79 Å². The monoisotopic (exact) mass is 480 g/mol. The molecule has 0 saturated heterocycles. The van der Waals surface area contributed by atoms with Crippen LogP contribution in [0, 0.1) is 0 Å². The van der Waals surface area contributed by atoms with Crippen molar-refractivity contribution in [1.29, 1.82) is 0 Å². The van der Waals surface area contributed by atoms with Gasteiger partial charge in [-0.1, -0.05) is 122 Å². The van der Waals surface area contributed by atoms with Crippen molar-refractivity contribution in [2.75, 3.05) is 6.61 Å². The molecule has 0 aliphatic heterocycles. The number of carbonyl (C=O) groups excluding carboxylic acids is 1. The zero-order valence-corrected chi connectivity index (χ0v) is 19.2. The van der Waals surface area contributed by atoms with Gasteiger partial charge in [0.05, 0.1) is 19.5 Å². The van der Waals surface area contributed by atoms with Gasteiger partial charge in [-0.2, -0.15) is 0 Å². The number of hydrogen-bond acceptors (Lipinski definition) is 2. The standard InChI is InChI=1S/C19H34Br2O2Si/c1-2-18(22)23-16-14-12-10-8-6-4-3-5-7-9-11-13-15-17-24-19(20)21/h2,19H,1,3-17H2. The highest BCUT2D eigenvalue weighted by atomic mass is 79.9. The molecule has 0 N–H and O–H groups in total. The number of esters is 1. The van der Waals surface area contributed by atoms with Crippen molar-refractivity contribution in [2.45, 2.75) is 92.9 Å². The van der Waals surface area contributed by atoms with E-state index in [0.29, 0.717) is 9.97 Å². The van der Waals surface area contributed by atoms with Crippen LogP contribution in [0.1, 0.15) is 83.5 Å². The van der Waals surface area contributed by atoms with Crippen LogP contribution in [-0.2, 0) is 9.53 Å². The molecule has 2 radical (unpaired) electrons. The van der Waals surface area contributed by atoms with Crippen molar-refractivity contribution in [3.8, 4) is 0 Å². The molecular weight excluding hydrogens is 448 g/mol. The average molecular weight is 482 g/mol. The van der Waals surface area contributed by atoms with Gasteiger partial charge < -0.3 is 4.74 Å². The van der Waals surface area contributed by atoms with Crippen LogP contribution in [0.5, 0.6) is 0 Å². The Morgan fingerprint density at radius 3 is 1.67 bits per heavy atom. The maximum atomic E-state index is 10.8. The highest BCUT2D eigenvalue weighted by molar-refractivity contribution is 9.25. The van der Waals surface area contributed by atoms with E-state index in [0.717, 1.165) is 22.4 Å². The van der Waals surface area contributed by atoms with E-state index >= 15 is 0 Å². The van der Waals surface area contributed by atoms with E-state index < -0.39 is 0 Å². The summed E-state index contributed by atoms with van der Waals surface area (Å²) in [6.45, 7) is 3.92. The van der Waals surface area contributed by atoms with Crippen molar-refractivity contribution in [3.63, 3.8) is 0 Å². The number of halogens is 2. The third-order valence-electron chi connectivity index (χ3n) is 4.03. The molecule has 0 fully saturated rings. The van der Waals surface area contributed by atoms with Crippen LogP contribution in [0.2, 0.25) is 6.04 Å². The molecule has 0 heterocycles. The fourth-order valence-electron chi connectivity index (χ4n) is 2.61. The van der Waals surface area contributed by atoms with E-state index in [2.05, 4.69) is 38.4 Å². The molecule has 0 atom stereocenters. The fraction of sp³-hybridized carbons (Fsp3) is 0.842. The summed E-state index contributed by atoms with van der Waals surface area (Å²) in [5, 5.41) is 0. The highest BCUT2D eigenvalue weighted by Crippen LogP contribution is 2.14. The van der Waals surface area contributed by atoms with Gasteiger partial charge in [0, 0.05) is 6.08 Å². The minimum atomic E-state index is -0.304. The second-order valence-electron chi connectivity index (χ2n) is 6.22. The van der Waals surface area contributed by atoms with Crippen LogP contribution >= 0.6 is 31.9 Å². The predicted molar refractivity (Wildman–Crippen MR) is 113 cm³/mol. The first-order valence-corrected chi connectivity index (χ1v) is 12.6. The van der Waals surface area contributed by atoms with Gasteiger partial charge in [0.1, 0.15) is 0 Å². The Labute approximate surface area is 168 Å². The van der Waals surface area contributed by atoms with Crippen molar-refractivity contribution in [3.05, 3.63) is 12.7 Å². The molecule has 0 aromatic rings. The summed E-state index contributed by atoms with van der Waals surface area (Å²) in [4.78, 5) is 10.8. The minimum Gasteiger partial charge on any atom is -0.463 e. The van der Waals surface area contributed by atoms with Gasteiger partial charge in [0.2, 0.25) is 0 Å². The Bertz CT molecular complexity index is 299. The van der Waals surface area contributed by atoms with E-state index in [1.807, 2.05) is 0 Å². The van der Waals surface area contributed by atoms with Crippen LogP contribution in [-0.4, -0.2) is 25.5 Å². The number of unbranched alkanes of at least 4 members (excludes halogenated alkanes) is 12. The van der Waals surface area contributed by atoms with Gasteiger partial charge in [-0.05, 0) is 6.42 Å². The van der Waals surface area contributed by atoms with E-state index in [1.165, 1.54) is 82.7 Å². The molecule has 0 rings (SSSR count). The summed E-state index contributed by atoms with van der Waals surface area (Å²) >= 11 is 7.07.